The van der Waals surface area contributed by atoms with Crippen LogP contribution in [0.15, 0.2) is 41.0 Å². The molecule has 2 fully saturated rings. The molecule has 0 unspecified atom stereocenters. The number of aliphatic hydroxyl groups is 1. The van der Waals surface area contributed by atoms with Crippen LogP contribution in [0.3, 0.4) is 0 Å². The first kappa shape index (κ1) is 15.6. The fraction of sp³-hybridized carbons (Fsp3) is 0.556. The van der Waals surface area contributed by atoms with Crippen LogP contribution in [-0.2, 0) is 0 Å². The molecule has 4 rings (SSSR count). The highest BCUT2D eigenvalue weighted by molar-refractivity contribution is 5.46. The van der Waals surface area contributed by atoms with E-state index in [1.54, 1.807) is 18.9 Å². The number of rotatable bonds is 4. The van der Waals surface area contributed by atoms with Crippen LogP contribution in [0.5, 0.6) is 0 Å². The van der Waals surface area contributed by atoms with Gasteiger partial charge in [0.15, 0.2) is 0 Å². The van der Waals surface area contributed by atoms with E-state index in [9.17, 15) is 5.11 Å². The summed E-state index contributed by atoms with van der Waals surface area (Å²) in [5.41, 5.74) is 1.30. The van der Waals surface area contributed by atoms with Gasteiger partial charge in [0.25, 0.3) is 0 Å². The van der Waals surface area contributed by atoms with Gasteiger partial charge >= 0.3 is 0 Å². The zero-order valence-corrected chi connectivity index (χ0v) is 14.0. The van der Waals surface area contributed by atoms with Crippen molar-refractivity contribution in [3.05, 3.63) is 42.4 Å². The molecule has 2 aromatic rings. The lowest BCUT2D eigenvalue weighted by atomic mass is 9.77. The highest BCUT2D eigenvalue weighted by Gasteiger charge is 2.42. The van der Waals surface area contributed by atoms with Crippen molar-refractivity contribution in [1.82, 2.24) is 19.7 Å². The molecule has 1 aliphatic heterocycles. The standard InChI is InChI=1S/C18H24N4O2/c1-13(5-16-3-2-4-24-16)8-21-9-14-6-17(22-12-19-11-20-22)18(23)7-15(14)10-21/h2-5,11-12,14-15,17-18,23H,6-10H2,1H3/b13-5+/t14-,15+,17-,18-/m1/s1. The first-order valence-corrected chi connectivity index (χ1v) is 8.64. The third kappa shape index (κ3) is 3.16. The SMILES string of the molecule is C/C(=C\c1ccco1)CN1C[C@H]2C[C@@H](n3cncn3)[C@H](O)C[C@H]2C1. The van der Waals surface area contributed by atoms with E-state index in [0.29, 0.717) is 11.8 Å². The zero-order valence-electron chi connectivity index (χ0n) is 14.0. The van der Waals surface area contributed by atoms with E-state index in [2.05, 4.69) is 28.0 Å². The van der Waals surface area contributed by atoms with Gasteiger partial charge in [-0.15, -0.1) is 0 Å². The van der Waals surface area contributed by atoms with Gasteiger partial charge in [0, 0.05) is 19.6 Å². The fourth-order valence-electron chi connectivity index (χ4n) is 4.32. The first-order chi connectivity index (χ1) is 11.7. The number of aromatic nitrogens is 3. The van der Waals surface area contributed by atoms with Crippen molar-refractivity contribution in [2.24, 2.45) is 11.8 Å². The molecule has 4 atom stereocenters. The fourth-order valence-corrected chi connectivity index (χ4v) is 4.32. The van der Waals surface area contributed by atoms with E-state index in [1.807, 2.05) is 16.8 Å². The van der Waals surface area contributed by atoms with Gasteiger partial charge in [-0.1, -0.05) is 5.57 Å². The van der Waals surface area contributed by atoms with Gasteiger partial charge < -0.3 is 9.52 Å². The third-order valence-corrected chi connectivity index (χ3v) is 5.37. The molecule has 0 aromatic carbocycles. The number of hydrogen-bond acceptors (Lipinski definition) is 5. The van der Waals surface area contributed by atoms with Crippen LogP contribution in [0.25, 0.3) is 6.08 Å². The van der Waals surface area contributed by atoms with Crippen molar-refractivity contribution in [2.75, 3.05) is 19.6 Å². The van der Waals surface area contributed by atoms with E-state index in [4.69, 9.17) is 4.42 Å². The average Bonchev–Trinajstić information content (AvgIpc) is 3.26. The summed E-state index contributed by atoms with van der Waals surface area (Å²) in [6.45, 7) is 5.26. The number of aliphatic hydroxyl groups excluding tert-OH is 1. The summed E-state index contributed by atoms with van der Waals surface area (Å²) in [6.07, 6.45) is 8.58. The Kier molecular flexibility index (Phi) is 4.24. The van der Waals surface area contributed by atoms with Gasteiger partial charge in [-0.05, 0) is 49.8 Å². The molecule has 0 bridgehead atoms. The predicted octanol–water partition coefficient (Wildman–Crippen LogP) is 2.22. The van der Waals surface area contributed by atoms with Gasteiger partial charge in [-0.25, -0.2) is 9.67 Å². The molecule has 128 valence electrons. The molecule has 1 aliphatic carbocycles. The Morgan fingerprint density at radius 1 is 1.38 bits per heavy atom. The van der Waals surface area contributed by atoms with Crippen LogP contribution in [0.2, 0.25) is 0 Å². The Balaban J connectivity index is 1.39. The van der Waals surface area contributed by atoms with Crippen LogP contribution in [0.4, 0.5) is 0 Å². The Hall–Kier alpha value is -1.92. The molecule has 1 saturated heterocycles. The van der Waals surface area contributed by atoms with E-state index in [1.165, 1.54) is 5.57 Å². The normalized spacial score (nSPS) is 31.3. The minimum atomic E-state index is -0.326. The number of nitrogens with zero attached hydrogens (tertiary/aromatic N) is 4. The summed E-state index contributed by atoms with van der Waals surface area (Å²) < 4.78 is 7.21. The second-order valence-electron chi connectivity index (χ2n) is 7.20. The molecular formula is C18H24N4O2. The van der Waals surface area contributed by atoms with Crippen molar-refractivity contribution in [3.63, 3.8) is 0 Å². The average molecular weight is 328 g/mol. The number of likely N-dealkylation sites (tertiary alicyclic amines) is 1. The molecule has 3 heterocycles. The molecule has 0 radical (unpaired) electrons. The Bertz CT molecular complexity index is 680. The Morgan fingerprint density at radius 2 is 2.21 bits per heavy atom. The second kappa shape index (κ2) is 6.53. The van der Waals surface area contributed by atoms with Crippen molar-refractivity contribution in [1.29, 1.82) is 0 Å². The summed E-state index contributed by atoms with van der Waals surface area (Å²) in [7, 11) is 0. The lowest BCUT2D eigenvalue weighted by molar-refractivity contribution is 0.0305. The van der Waals surface area contributed by atoms with Crippen LogP contribution in [0, 0.1) is 11.8 Å². The monoisotopic (exact) mass is 328 g/mol. The summed E-state index contributed by atoms with van der Waals surface area (Å²) in [6, 6.07) is 3.95. The molecule has 24 heavy (non-hydrogen) atoms. The van der Waals surface area contributed by atoms with Crippen molar-refractivity contribution in [2.45, 2.75) is 31.9 Å². The van der Waals surface area contributed by atoms with Crippen molar-refractivity contribution >= 4 is 6.08 Å². The maximum Gasteiger partial charge on any atom is 0.137 e. The molecule has 1 saturated carbocycles. The molecule has 1 N–H and O–H groups in total. The Morgan fingerprint density at radius 3 is 2.92 bits per heavy atom. The number of fused-ring (bicyclic) bond motifs is 1. The number of furan rings is 1. The highest BCUT2D eigenvalue weighted by atomic mass is 16.3. The number of hydrogen-bond donors (Lipinski definition) is 1. The van der Waals surface area contributed by atoms with Gasteiger partial charge in [0.05, 0.1) is 18.4 Å². The molecule has 0 amide bonds. The lowest BCUT2D eigenvalue weighted by Gasteiger charge is -2.35. The van der Waals surface area contributed by atoms with Crippen molar-refractivity contribution in [3.8, 4) is 0 Å². The third-order valence-electron chi connectivity index (χ3n) is 5.37. The van der Waals surface area contributed by atoms with E-state index < -0.39 is 0 Å². The first-order valence-electron chi connectivity index (χ1n) is 8.64. The molecule has 0 spiro atoms. The Labute approximate surface area is 141 Å². The molecule has 2 aromatic heterocycles. The van der Waals surface area contributed by atoms with Crippen LogP contribution < -0.4 is 0 Å². The minimum absolute atomic E-state index is 0.0634. The van der Waals surface area contributed by atoms with Gasteiger partial charge in [-0.3, -0.25) is 4.90 Å². The van der Waals surface area contributed by atoms with Crippen LogP contribution in [0.1, 0.15) is 31.6 Å². The van der Waals surface area contributed by atoms with Crippen molar-refractivity contribution < 1.29 is 9.52 Å². The summed E-state index contributed by atoms with van der Waals surface area (Å²) in [4.78, 5) is 6.52. The largest absolute Gasteiger partial charge is 0.465 e. The predicted molar refractivity (Wildman–Crippen MR) is 90.1 cm³/mol. The smallest absolute Gasteiger partial charge is 0.137 e. The summed E-state index contributed by atoms with van der Waals surface area (Å²) in [5.74, 6) is 2.11. The zero-order chi connectivity index (χ0) is 16.5. The molecule has 6 heteroatoms. The van der Waals surface area contributed by atoms with Gasteiger partial charge in [-0.2, -0.15) is 5.10 Å². The summed E-state index contributed by atoms with van der Waals surface area (Å²) in [5, 5.41) is 14.7. The lowest BCUT2D eigenvalue weighted by Crippen LogP contribution is -2.36. The molecule has 6 nitrogen and oxygen atoms in total. The molecule has 2 aliphatic rings. The topological polar surface area (TPSA) is 67.3 Å². The maximum atomic E-state index is 10.5. The van der Waals surface area contributed by atoms with E-state index in [0.717, 1.165) is 38.2 Å². The highest BCUT2D eigenvalue weighted by Crippen LogP contribution is 2.41. The van der Waals surface area contributed by atoms with Crippen LogP contribution >= 0.6 is 0 Å². The van der Waals surface area contributed by atoms with E-state index >= 15 is 0 Å². The minimum Gasteiger partial charge on any atom is -0.465 e. The second-order valence-corrected chi connectivity index (χ2v) is 7.20. The quantitative estimate of drug-likeness (QED) is 0.932. The summed E-state index contributed by atoms with van der Waals surface area (Å²) >= 11 is 0. The van der Waals surface area contributed by atoms with E-state index in [-0.39, 0.29) is 12.1 Å². The molecular weight excluding hydrogens is 304 g/mol. The van der Waals surface area contributed by atoms with Gasteiger partial charge in [0.1, 0.15) is 18.4 Å². The maximum absolute atomic E-state index is 10.5. The van der Waals surface area contributed by atoms with Crippen LogP contribution in [-0.4, -0.2) is 50.5 Å². The van der Waals surface area contributed by atoms with Gasteiger partial charge in [0.2, 0.25) is 0 Å².